The molecule has 3 aromatic rings. The molecule has 4 nitrogen and oxygen atoms in total. The van der Waals surface area contributed by atoms with Gasteiger partial charge in [0, 0.05) is 23.1 Å². The van der Waals surface area contributed by atoms with Gasteiger partial charge in [-0.05, 0) is 23.8 Å². The standard InChI is InChI=1S/C18H17NO3S/c1-20-12-6-4-11(5-7-12)14-10-15-16(19-18(14)23)8-13(21-2)9-17(15)22-3/h4-10H,1-3H3,(H,19,23). The Balaban J connectivity index is 2.21. The van der Waals surface area contributed by atoms with E-state index in [0.717, 1.165) is 39.3 Å². The summed E-state index contributed by atoms with van der Waals surface area (Å²) in [7, 11) is 4.92. The molecule has 0 spiro atoms. The first kappa shape index (κ1) is 15.4. The molecule has 0 atom stereocenters. The van der Waals surface area contributed by atoms with Crippen molar-refractivity contribution in [3.05, 3.63) is 47.1 Å². The van der Waals surface area contributed by atoms with Crippen molar-refractivity contribution < 1.29 is 14.2 Å². The average Bonchev–Trinajstić information content (AvgIpc) is 2.60. The molecule has 0 radical (unpaired) electrons. The summed E-state index contributed by atoms with van der Waals surface area (Å²) in [5, 5.41) is 0.952. The summed E-state index contributed by atoms with van der Waals surface area (Å²) in [6, 6.07) is 13.6. The van der Waals surface area contributed by atoms with E-state index in [1.807, 2.05) is 42.5 Å². The zero-order valence-electron chi connectivity index (χ0n) is 13.2. The molecule has 0 unspecified atom stereocenters. The van der Waals surface area contributed by atoms with Gasteiger partial charge in [0.15, 0.2) is 0 Å². The second-order valence-electron chi connectivity index (χ2n) is 5.03. The summed E-state index contributed by atoms with van der Waals surface area (Å²) in [6.07, 6.45) is 0. The van der Waals surface area contributed by atoms with Gasteiger partial charge in [-0.3, -0.25) is 0 Å². The number of fused-ring (bicyclic) bond motifs is 1. The van der Waals surface area contributed by atoms with Crippen molar-refractivity contribution in [2.45, 2.75) is 0 Å². The van der Waals surface area contributed by atoms with Gasteiger partial charge in [0.2, 0.25) is 0 Å². The van der Waals surface area contributed by atoms with E-state index in [0.29, 0.717) is 4.64 Å². The summed E-state index contributed by atoms with van der Waals surface area (Å²) in [6.45, 7) is 0. The molecular weight excluding hydrogens is 310 g/mol. The summed E-state index contributed by atoms with van der Waals surface area (Å²) < 4.78 is 16.6. The molecule has 0 aliphatic rings. The highest BCUT2D eigenvalue weighted by molar-refractivity contribution is 7.71. The van der Waals surface area contributed by atoms with Gasteiger partial charge in [-0.15, -0.1) is 0 Å². The molecule has 1 aromatic heterocycles. The summed E-state index contributed by atoms with van der Waals surface area (Å²) in [5.41, 5.74) is 2.84. The molecule has 0 aliphatic heterocycles. The number of pyridine rings is 1. The highest BCUT2D eigenvalue weighted by Crippen LogP contribution is 2.33. The molecule has 2 aromatic carbocycles. The van der Waals surface area contributed by atoms with Crippen LogP contribution in [0.4, 0.5) is 0 Å². The van der Waals surface area contributed by atoms with Crippen LogP contribution in [-0.2, 0) is 0 Å². The number of hydrogen-bond donors (Lipinski definition) is 1. The molecule has 0 saturated carbocycles. The van der Waals surface area contributed by atoms with E-state index in [9.17, 15) is 0 Å². The quantitative estimate of drug-likeness (QED) is 0.712. The SMILES string of the molecule is COc1ccc(-c2cc3c(OC)cc(OC)cc3[nH]c2=S)cc1. The smallest absolute Gasteiger partial charge is 0.131 e. The van der Waals surface area contributed by atoms with Crippen molar-refractivity contribution in [3.8, 4) is 28.4 Å². The Morgan fingerprint density at radius 2 is 1.52 bits per heavy atom. The molecular formula is C18H17NO3S. The second-order valence-corrected chi connectivity index (χ2v) is 5.44. The lowest BCUT2D eigenvalue weighted by Gasteiger charge is -2.11. The van der Waals surface area contributed by atoms with E-state index in [4.69, 9.17) is 26.4 Å². The second kappa shape index (κ2) is 6.30. The van der Waals surface area contributed by atoms with Crippen LogP contribution in [0.5, 0.6) is 17.2 Å². The molecule has 0 fully saturated rings. The first-order valence-electron chi connectivity index (χ1n) is 7.09. The Morgan fingerprint density at radius 3 is 2.13 bits per heavy atom. The molecule has 1 heterocycles. The number of rotatable bonds is 4. The molecule has 1 N–H and O–H groups in total. The Labute approximate surface area is 139 Å². The highest BCUT2D eigenvalue weighted by Gasteiger charge is 2.09. The molecule has 23 heavy (non-hydrogen) atoms. The zero-order valence-corrected chi connectivity index (χ0v) is 14.0. The monoisotopic (exact) mass is 327 g/mol. The fourth-order valence-corrected chi connectivity index (χ4v) is 2.81. The third kappa shape index (κ3) is 2.87. The van der Waals surface area contributed by atoms with Crippen molar-refractivity contribution >= 4 is 23.1 Å². The number of H-pyrrole nitrogens is 1. The fourth-order valence-electron chi connectivity index (χ4n) is 2.52. The van der Waals surface area contributed by atoms with Gasteiger partial charge >= 0.3 is 0 Å². The Kier molecular flexibility index (Phi) is 4.21. The Bertz CT molecular complexity index is 901. The average molecular weight is 327 g/mol. The molecule has 0 saturated heterocycles. The molecule has 3 rings (SSSR count). The van der Waals surface area contributed by atoms with Crippen LogP contribution in [0.25, 0.3) is 22.0 Å². The van der Waals surface area contributed by atoms with E-state index in [2.05, 4.69) is 4.98 Å². The van der Waals surface area contributed by atoms with Gasteiger partial charge in [0.05, 0.1) is 26.8 Å². The van der Waals surface area contributed by atoms with Gasteiger partial charge < -0.3 is 19.2 Å². The first-order valence-corrected chi connectivity index (χ1v) is 7.50. The molecule has 118 valence electrons. The van der Waals surface area contributed by atoms with Gasteiger partial charge in [-0.1, -0.05) is 24.4 Å². The van der Waals surface area contributed by atoms with Crippen LogP contribution in [0, 0.1) is 4.64 Å². The molecule has 0 aliphatic carbocycles. The van der Waals surface area contributed by atoms with Crippen molar-refractivity contribution in [2.24, 2.45) is 0 Å². The lowest BCUT2D eigenvalue weighted by molar-refractivity contribution is 0.398. The third-order valence-electron chi connectivity index (χ3n) is 3.75. The number of benzene rings is 2. The van der Waals surface area contributed by atoms with Crippen molar-refractivity contribution in [1.82, 2.24) is 4.98 Å². The number of aromatic nitrogens is 1. The first-order chi connectivity index (χ1) is 11.2. The van der Waals surface area contributed by atoms with Crippen LogP contribution in [0.1, 0.15) is 0 Å². The van der Waals surface area contributed by atoms with Crippen LogP contribution in [0.2, 0.25) is 0 Å². The lowest BCUT2D eigenvalue weighted by Crippen LogP contribution is -1.92. The predicted octanol–water partition coefficient (Wildman–Crippen LogP) is 4.59. The number of ether oxygens (including phenoxy) is 3. The van der Waals surface area contributed by atoms with Crippen molar-refractivity contribution in [2.75, 3.05) is 21.3 Å². The number of methoxy groups -OCH3 is 3. The van der Waals surface area contributed by atoms with Gasteiger partial charge in [-0.2, -0.15) is 0 Å². The van der Waals surface area contributed by atoms with E-state index in [-0.39, 0.29) is 0 Å². The molecule has 0 amide bonds. The predicted molar refractivity (Wildman–Crippen MR) is 94.2 cm³/mol. The number of nitrogens with one attached hydrogen (secondary N) is 1. The Morgan fingerprint density at radius 1 is 0.826 bits per heavy atom. The van der Waals surface area contributed by atoms with Crippen LogP contribution < -0.4 is 14.2 Å². The minimum atomic E-state index is 0.665. The fraction of sp³-hybridized carbons (Fsp3) is 0.167. The maximum absolute atomic E-state index is 5.51. The van der Waals surface area contributed by atoms with E-state index < -0.39 is 0 Å². The third-order valence-corrected chi connectivity index (χ3v) is 4.08. The maximum Gasteiger partial charge on any atom is 0.131 e. The minimum absolute atomic E-state index is 0.665. The van der Waals surface area contributed by atoms with Crippen molar-refractivity contribution in [3.63, 3.8) is 0 Å². The number of aromatic amines is 1. The zero-order chi connectivity index (χ0) is 16.4. The summed E-state index contributed by atoms with van der Waals surface area (Å²) in [4.78, 5) is 3.26. The van der Waals surface area contributed by atoms with Crippen molar-refractivity contribution in [1.29, 1.82) is 0 Å². The maximum atomic E-state index is 5.51. The summed E-state index contributed by atoms with van der Waals surface area (Å²) in [5.74, 6) is 2.27. The minimum Gasteiger partial charge on any atom is -0.497 e. The Hall–Kier alpha value is -2.53. The van der Waals surface area contributed by atoms with Crippen LogP contribution in [0.15, 0.2) is 42.5 Å². The van der Waals surface area contributed by atoms with E-state index in [1.165, 1.54) is 0 Å². The van der Waals surface area contributed by atoms with E-state index >= 15 is 0 Å². The molecule has 5 heteroatoms. The van der Waals surface area contributed by atoms with Gasteiger partial charge in [0.1, 0.15) is 21.9 Å². The number of hydrogen-bond acceptors (Lipinski definition) is 4. The topological polar surface area (TPSA) is 43.5 Å². The van der Waals surface area contributed by atoms with Gasteiger partial charge in [0.25, 0.3) is 0 Å². The van der Waals surface area contributed by atoms with Crippen LogP contribution in [-0.4, -0.2) is 26.3 Å². The highest BCUT2D eigenvalue weighted by atomic mass is 32.1. The lowest BCUT2D eigenvalue weighted by atomic mass is 10.0. The normalized spacial score (nSPS) is 10.6. The van der Waals surface area contributed by atoms with Crippen LogP contribution in [0.3, 0.4) is 0 Å². The van der Waals surface area contributed by atoms with Gasteiger partial charge in [-0.25, -0.2) is 0 Å². The van der Waals surface area contributed by atoms with Crippen LogP contribution >= 0.6 is 12.2 Å². The van der Waals surface area contributed by atoms with E-state index in [1.54, 1.807) is 21.3 Å². The molecule has 0 bridgehead atoms. The summed E-state index contributed by atoms with van der Waals surface area (Å²) >= 11 is 5.51. The largest absolute Gasteiger partial charge is 0.497 e.